The highest BCUT2D eigenvalue weighted by Gasteiger charge is 2.36. The average molecular weight is 237 g/mol. The molecule has 17 heavy (non-hydrogen) atoms. The molecule has 0 amide bonds. The highest BCUT2D eigenvalue weighted by Crippen LogP contribution is 2.29. The van der Waals surface area contributed by atoms with Gasteiger partial charge in [-0.2, -0.15) is 0 Å². The van der Waals surface area contributed by atoms with Gasteiger partial charge in [0.15, 0.2) is 11.5 Å². The van der Waals surface area contributed by atoms with Gasteiger partial charge in [-0.3, -0.25) is 4.90 Å². The summed E-state index contributed by atoms with van der Waals surface area (Å²) in [5, 5.41) is 9.66. The van der Waals surface area contributed by atoms with E-state index in [9.17, 15) is 5.11 Å². The third kappa shape index (κ3) is 2.70. The summed E-state index contributed by atoms with van der Waals surface area (Å²) in [4.78, 5) is 2.20. The van der Waals surface area contributed by atoms with Gasteiger partial charge in [0.1, 0.15) is 0 Å². The van der Waals surface area contributed by atoms with Gasteiger partial charge in [-0.05, 0) is 24.6 Å². The van der Waals surface area contributed by atoms with Crippen LogP contribution in [0.5, 0.6) is 11.5 Å². The number of β-amino-alcohol motifs (C(OH)–C–C–N with tert-alkyl or cyclic N) is 1. The molecule has 1 aliphatic heterocycles. The molecule has 0 spiro atoms. The molecule has 2 rings (SSSR count). The van der Waals surface area contributed by atoms with Crippen molar-refractivity contribution in [2.75, 3.05) is 27.3 Å². The molecule has 1 heterocycles. The Kier molecular flexibility index (Phi) is 3.26. The quantitative estimate of drug-likeness (QED) is 0.856. The minimum absolute atomic E-state index is 0.517. The van der Waals surface area contributed by atoms with Gasteiger partial charge in [0.2, 0.25) is 0 Å². The molecule has 0 radical (unpaired) electrons. The molecule has 0 atom stereocenters. The SMILES string of the molecule is COc1ccc(CN2CC(C)(O)C2)cc1OC. The molecule has 0 unspecified atom stereocenters. The van der Waals surface area contributed by atoms with E-state index in [2.05, 4.69) is 4.90 Å². The van der Waals surface area contributed by atoms with Crippen molar-refractivity contribution in [1.82, 2.24) is 4.90 Å². The van der Waals surface area contributed by atoms with E-state index in [1.165, 1.54) is 0 Å². The molecule has 1 aromatic rings. The highest BCUT2D eigenvalue weighted by atomic mass is 16.5. The van der Waals surface area contributed by atoms with Crippen molar-refractivity contribution in [1.29, 1.82) is 0 Å². The Hall–Kier alpha value is -1.26. The predicted octanol–water partition coefficient (Wildman–Crippen LogP) is 1.27. The first-order chi connectivity index (χ1) is 8.04. The lowest BCUT2D eigenvalue weighted by Crippen LogP contribution is -2.59. The van der Waals surface area contributed by atoms with Gasteiger partial charge in [-0.15, -0.1) is 0 Å². The van der Waals surface area contributed by atoms with E-state index in [0.717, 1.165) is 36.7 Å². The largest absolute Gasteiger partial charge is 0.493 e. The molecule has 0 aromatic heterocycles. The Morgan fingerprint density at radius 2 is 1.88 bits per heavy atom. The number of ether oxygens (including phenoxy) is 2. The second-order valence-corrected chi connectivity index (χ2v) is 4.83. The van der Waals surface area contributed by atoms with E-state index in [1.54, 1.807) is 14.2 Å². The van der Waals surface area contributed by atoms with Crippen molar-refractivity contribution >= 4 is 0 Å². The van der Waals surface area contributed by atoms with E-state index in [0.29, 0.717) is 0 Å². The summed E-state index contributed by atoms with van der Waals surface area (Å²) in [6.07, 6.45) is 0. The molecular formula is C13H19NO3. The van der Waals surface area contributed by atoms with Crippen LogP contribution in [0.1, 0.15) is 12.5 Å². The lowest BCUT2D eigenvalue weighted by molar-refractivity contribution is -0.0871. The summed E-state index contributed by atoms with van der Waals surface area (Å²) >= 11 is 0. The third-order valence-corrected chi connectivity index (χ3v) is 2.98. The maximum absolute atomic E-state index is 9.66. The van der Waals surface area contributed by atoms with Crippen molar-refractivity contribution in [2.24, 2.45) is 0 Å². The first-order valence-corrected chi connectivity index (χ1v) is 5.70. The fraction of sp³-hybridized carbons (Fsp3) is 0.538. The molecule has 1 N–H and O–H groups in total. The number of hydrogen-bond donors (Lipinski definition) is 1. The second kappa shape index (κ2) is 4.55. The Morgan fingerprint density at radius 3 is 2.41 bits per heavy atom. The average Bonchev–Trinajstić information content (AvgIpc) is 2.26. The summed E-state index contributed by atoms with van der Waals surface area (Å²) in [5.41, 5.74) is 0.648. The van der Waals surface area contributed by atoms with Crippen LogP contribution < -0.4 is 9.47 Å². The van der Waals surface area contributed by atoms with E-state index < -0.39 is 5.60 Å². The van der Waals surface area contributed by atoms with E-state index in [1.807, 2.05) is 25.1 Å². The summed E-state index contributed by atoms with van der Waals surface area (Å²) in [7, 11) is 3.26. The standard InChI is InChI=1S/C13H19NO3/c1-13(15)8-14(9-13)7-10-4-5-11(16-2)12(6-10)17-3/h4-6,15H,7-9H2,1-3H3. The van der Waals surface area contributed by atoms with Gasteiger partial charge in [0, 0.05) is 19.6 Å². The van der Waals surface area contributed by atoms with Crippen LogP contribution in [-0.2, 0) is 6.54 Å². The molecule has 94 valence electrons. The zero-order valence-electron chi connectivity index (χ0n) is 10.6. The van der Waals surface area contributed by atoms with Crippen molar-refractivity contribution in [2.45, 2.75) is 19.1 Å². The zero-order chi connectivity index (χ0) is 12.5. The minimum Gasteiger partial charge on any atom is -0.493 e. The topological polar surface area (TPSA) is 41.9 Å². The number of hydrogen-bond acceptors (Lipinski definition) is 4. The number of rotatable bonds is 4. The predicted molar refractivity (Wildman–Crippen MR) is 65.4 cm³/mol. The van der Waals surface area contributed by atoms with Crippen LogP contribution in [0.2, 0.25) is 0 Å². The number of likely N-dealkylation sites (tertiary alicyclic amines) is 1. The highest BCUT2D eigenvalue weighted by molar-refractivity contribution is 5.42. The molecule has 1 saturated heterocycles. The van der Waals surface area contributed by atoms with Gasteiger partial charge >= 0.3 is 0 Å². The van der Waals surface area contributed by atoms with E-state index >= 15 is 0 Å². The molecule has 1 aromatic carbocycles. The molecular weight excluding hydrogens is 218 g/mol. The lowest BCUT2D eigenvalue weighted by Gasteiger charge is -2.44. The minimum atomic E-state index is -0.517. The third-order valence-electron chi connectivity index (χ3n) is 2.98. The molecule has 4 nitrogen and oxygen atoms in total. The maximum Gasteiger partial charge on any atom is 0.161 e. The number of nitrogens with zero attached hydrogens (tertiary/aromatic N) is 1. The monoisotopic (exact) mass is 237 g/mol. The lowest BCUT2D eigenvalue weighted by atomic mass is 9.96. The molecule has 1 fully saturated rings. The van der Waals surface area contributed by atoms with Crippen molar-refractivity contribution in [3.8, 4) is 11.5 Å². The van der Waals surface area contributed by atoms with Crippen LogP contribution in [0.3, 0.4) is 0 Å². The fourth-order valence-electron chi connectivity index (χ4n) is 2.27. The number of aliphatic hydroxyl groups is 1. The van der Waals surface area contributed by atoms with Crippen LogP contribution in [-0.4, -0.2) is 42.9 Å². The summed E-state index contributed by atoms with van der Waals surface area (Å²) in [5.74, 6) is 1.49. The van der Waals surface area contributed by atoms with Crippen LogP contribution in [0, 0.1) is 0 Å². The van der Waals surface area contributed by atoms with E-state index in [-0.39, 0.29) is 0 Å². The molecule has 0 aliphatic carbocycles. The smallest absolute Gasteiger partial charge is 0.161 e. The van der Waals surface area contributed by atoms with Crippen molar-refractivity contribution in [3.05, 3.63) is 23.8 Å². The van der Waals surface area contributed by atoms with Gasteiger partial charge in [-0.1, -0.05) is 6.07 Å². The number of benzene rings is 1. The molecule has 4 heteroatoms. The van der Waals surface area contributed by atoms with Crippen LogP contribution in [0.25, 0.3) is 0 Å². The fourth-order valence-corrected chi connectivity index (χ4v) is 2.27. The zero-order valence-corrected chi connectivity index (χ0v) is 10.6. The summed E-state index contributed by atoms with van der Waals surface area (Å²) < 4.78 is 10.4. The Bertz CT molecular complexity index is 396. The number of methoxy groups -OCH3 is 2. The van der Waals surface area contributed by atoms with Gasteiger partial charge < -0.3 is 14.6 Å². The van der Waals surface area contributed by atoms with Crippen LogP contribution in [0.4, 0.5) is 0 Å². The van der Waals surface area contributed by atoms with Gasteiger partial charge in [-0.25, -0.2) is 0 Å². The van der Waals surface area contributed by atoms with Crippen LogP contribution >= 0.6 is 0 Å². The van der Waals surface area contributed by atoms with E-state index in [4.69, 9.17) is 9.47 Å². The Morgan fingerprint density at radius 1 is 1.24 bits per heavy atom. The Balaban J connectivity index is 2.02. The first kappa shape index (κ1) is 12.2. The Labute approximate surface area is 102 Å². The van der Waals surface area contributed by atoms with Crippen molar-refractivity contribution < 1.29 is 14.6 Å². The van der Waals surface area contributed by atoms with Crippen molar-refractivity contribution in [3.63, 3.8) is 0 Å². The molecule has 1 aliphatic rings. The van der Waals surface area contributed by atoms with Gasteiger partial charge in [0.05, 0.1) is 19.8 Å². The maximum atomic E-state index is 9.66. The van der Waals surface area contributed by atoms with Gasteiger partial charge in [0.25, 0.3) is 0 Å². The normalized spacial score (nSPS) is 18.6. The van der Waals surface area contributed by atoms with Crippen LogP contribution in [0.15, 0.2) is 18.2 Å². The molecule has 0 bridgehead atoms. The molecule has 0 saturated carbocycles. The summed E-state index contributed by atoms with van der Waals surface area (Å²) in [6.45, 7) is 4.14. The second-order valence-electron chi connectivity index (χ2n) is 4.83. The first-order valence-electron chi connectivity index (χ1n) is 5.70. The summed E-state index contributed by atoms with van der Waals surface area (Å²) in [6, 6.07) is 5.91.